The number of hydrogen-bond donors (Lipinski definition) is 1. The van der Waals surface area contributed by atoms with E-state index >= 15 is 0 Å². The summed E-state index contributed by atoms with van der Waals surface area (Å²) >= 11 is 6.54. The predicted molar refractivity (Wildman–Crippen MR) is 49.0 cm³/mol. The van der Waals surface area contributed by atoms with Crippen LogP contribution in [0.4, 0.5) is 5.69 Å². The topological polar surface area (TPSA) is 38.9 Å². The number of nitrogens with zero attached hydrogens (tertiary/aromatic N) is 1. The van der Waals surface area contributed by atoms with E-state index in [-0.39, 0.29) is 0 Å². The molecule has 0 unspecified atom stereocenters. The lowest BCUT2D eigenvalue weighted by Gasteiger charge is -2.01. The molecule has 1 aromatic heterocycles. The van der Waals surface area contributed by atoms with Gasteiger partial charge in [-0.2, -0.15) is 0 Å². The van der Waals surface area contributed by atoms with Gasteiger partial charge in [0, 0.05) is 11.5 Å². The standard InChI is InChI=1S/C6H6Br2N2/c7-3-4-1-2-10-6(8)5(4)9/h1-2H,3,9H2. The van der Waals surface area contributed by atoms with Crippen molar-refractivity contribution < 1.29 is 0 Å². The summed E-state index contributed by atoms with van der Waals surface area (Å²) < 4.78 is 0.712. The highest BCUT2D eigenvalue weighted by molar-refractivity contribution is 9.10. The monoisotopic (exact) mass is 264 g/mol. The van der Waals surface area contributed by atoms with Gasteiger partial charge in [-0.3, -0.25) is 0 Å². The van der Waals surface area contributed by atoms with Crippen LogP contribution < -0.4 is 5.73 Å². The molecule has 0 saturated heterocycles. The van der Waals surface area contributed by atoms with E-state index in [0.717, 1.165) is 10.9 Å². The minimum absolute atomic E-state index is 0.708. The van der Waals surface area contributed by atoms with Gasteiger partial charge in [0.25, 0.3) is 0 Å². The van der Waals surface area contributed by atoms with Crippen molar-refractivity contribution in [2.45, 2.75) is 5.33 Å². The number of alkyl halides is 1. The molecule has 0 fully saturated rings. The van der Waals surface area contributed by atoms with Crippen molar-refractivity contribution in [3.63, 3.8) is 0 Å². The fraction of sp³-hybridized carbons (Fsp3) is 0.167. The first-order valence-corrected chi connectivity index (χ1v) is 4.62. The Bertz CT molecular complexity index is 237. The summed E-state index contributed by atoms with van der Waals surface area (Å²) in [4.78, 5) is 3.96. The van der Waals surface area contributed by atoms with Gasteiger partial charge in [0.2, 0.25) is 0 Å². The first-order chi connectivity index (χ1) is 4.75. The minimum atomic E-state index is 0.708. The van der Waals surface area contributed by atoms with Gasteiger partial charge in [0.1, 0.15) is 4.60 Å². The van der Waals surface area contributed by atoms with E-state index < -0.39 is 0 Å². The van der Waals surface area contributed by atoms with Gasteiger partial charge in [-0.15, -0.1) is 0 Å². The molecule has 0 aliphatic heterocycles. The molecule has 10 heavy (non-hydrogen) atoms. The lowest BCUT2D eigenvalue weighted by Crippen LogP contribution is -1.94. The Hall–Kier alpha value is -0.0900. The average molecular weight is 266 g/mol. The molecule has 2 N–H and O–H groups in total. The lowest BCUT2D eigenvalue weighted by molar-refractivity contribution is 1.24. The van der Waals surface area contributed by atoms with E-state index in [1.54, 1.807) is 6.20 Å². The Morgan fingerprint density at radius 2 is 2.30 bits per heavy atom. The van der Waals surface area contributed by atoms with Crippen LogP contribution in [-0.2, 0) is 5.33 Å². The molecule has 0 aromatic carbocycles. The minimum Gasteiger partial charge on any atom is -0.396 e. The third kappa shape index (κ3) is 1.49. The molecule has 0 spiro atoms. The Balaban J connectivity index is 3.14. The molecule has 0 amide bonds. The molecule has 0 aliphatic carbocycles. The average Bonchev–Trinajstić information content (AvgIpc) is 1.95. The fourth-order valence-electron chi connectivity index (χ4n) is 0.601. The molecule has 2 nitrogen and oxygen atoms in total. The molecule has 1 aromatic rings. The summed E-state index contributed by atoms with van der Waals surface area (Å²) in [5.74, 6) is 0. The Kier molecular flexibility index (Phi) is 2.68. The third-order valence-electron chi connectivity index (χ3n) is 1.18. The van der Waals surface area contributed by atoms with E-state index in [9.17, 15) is 0 Å². The van der Waals surface area contributed by atoms with Crippen LogP contribution in [0.25, 0.3) is 0 Å². The zero-order valence-electron chi connectivity index (χ0n) is 5.14. The zero-order chi connectivity index (χ0) is 7.56. The summed E-state index contributed by atoms with van der Waals surface area (Å²) in [6, 6.07) is 1.88. The maximum absolute atomic E-state index is 5.65. The number of anilines is 1. The molecular formula is C6H6Br2N2. The number of aromatic nitrogens is 1. The Morgan fingerprint density at radius 1 is 1.60 bits per heavy atom. The van der Waals surface area contributed by atoms with Gasteiger partial charge in [0.05, 0.1) is 5.69 Å². The largest absolute Gasteiger partial charge is 0.396 e. The van der Waals surface area contributed by atoms with Crippen LogP contribution in [0, 0.1) is 0 Å². The van der Waals surface area contributed by atoms with Gasteiger partial charge in [-0.25, -0.2) is 4.98 Å². The second-order valence-corrected chi connectivity index (χ2v) is 3.12. The van der Waals surface area contributed by atoms with E-state index in [4.69, 9.17) is 5.73 Å². The van der Waals surface area contributed by atoms with E-state index in [0.29, 0.717) is 10.3 Å². The Morgan fingerprint density at radius 3 is 2.80 bits per heavy atom. The number of rotatable bonds is 1. The molecule has 4 heteroatoms. The van der Waals surface area contributed by atoms with Crippen molar-refractivity contribution in [2.24, 2.45) is 0 Å². The van der Waals surface area contributed by atoms with Crippen LogP contribution in [0.2, 0.25) is 0 Å². The molecule has 0 bridgehead atoms. The first-order valence-electron chi connectivity index (χ1n) is 2.70. The molecular weight excluding hydrogens is 260 g/mol. The van der Waals surface area contributed by atoms with Crippen LogP contribution >= 0.6 is 31.9 Å². The van der Waals surface area contributed by atoms with Gasteiger partial charge < -0.3 is 5.73 Å². The van der Waals surface area contributed by atoms with Gasteiger partial charge >= 0.3 is 0 Å². The number of halogens is 2. The second-order valence-electron chi connectivity index (χ2n) is 1.81. The van der Waals surface area contributed by atoms with Gasteiger partial charge in [-0.1, -0.05) is 15.9 Å². The van der Waals surface area contributed by atoms with E-state index in [1.165, 1.54) is 0 Å². The summed E-state index contributed by atoms with van der Waals surface area (Å²) in [5.41, 5.74) is 7.42. The van der Waals surface area contributed by atoms with Crippen LogP contribution in [-0.4, -0.2) is 4.98 Å². The van der Waals surface area contributed by atoms with Crippen molar-refractivity contribution in [1.29, 1.82) is 0 Å². The number of nitrogens with two attached hydrogens (primary N) is 1. The molecule has 0 radical (unpaired) electrons. The quantitative estimate of drug-likeness (QED) is 0.625. The van der Waals surface area contributed by atoms with Crippen molar-refractivity contribution in [3.8, 4) is 0 Å². The maximum Gasteiger partial charge on any atom is 0.129 e. The van der Waals surface area contributed by atoms with E-state index in [1.807, 2.05) is 6.07 Å². The van der Waals surface area contributed by atoms with Crippen LogP contribution in [0.3, 0.4) is 0 Å². The summed E-state index contributed by atoms with van der Waals surface area (Å²) in [6.45, 7) is 0. The molecule has 54 valence electrons. The third-order valence-corrected chi connectivity index (χ3v) is 2.41. The first kappa shape index (κ1) is 8.01. The highest BCUT2D eigenvalue weighted by Gasteiger charge is 2.00. The summed E-state index contributed by atoms with van der Waals surface area (Å²) in [5, 5.41) is 0.764. The maximum atomic E-state index is 5.65. The normalized spacial score (nSPS) is 9.80. The van der Waals surface area contributed by atoms with Crippen LogP contribution in [0.1, 0.15) is 5.56 Å². The zero-order valence-corrected chi connectivity index (χ0v) is 8.31. The molecule has 0 aliphatic rings. The second kappa shape index (κ2) is 3.34. The van der Waals surface area contributed by atoms with Crippen molar-refractivity contribution in [3.05, 3.63) is 22.4 Å². The highest BCUT2D eigenvalue weighted by Crippen LogP contribution is 2.21. The van der Waals surface area contributed by atoms with Crippen LogP contribution in [0.15, 0.2) is 16.9 Å². The molecule has 0 atom stereocenters. The highest BCUT2D eigenvalue weighted by atomic mass is 79.9. The van der Waals surface area contributed by atoms with Crippen molar-refractivity contribution in [1.82, 2.24) is 4.98 Å². The molecule has 0 saturated carbocycles. The Labute approximate surface area is 76.1 Å². The molecule has 1 rings (SSSR count). The SMILES string of the molecule is Nc1c(CBr)ccnc1Br. The summed E-state index contributed by atoms with van der Waals surface area (Å²) in [6.07, 6.45) is 1.72. The summed E-state index contributed by atoms with van der Waals surface area (Å²) in [7, 11) is 0. The number of nitrogen functional groups attached to an aromatic ring is 1. The molecule has 1 heterocycles. The fourth-order valence-corrected chi connectivity index (χ4v) is 1.46. The number of pyridine rings is 1. The number of hydrogen-bond acceptors (Lipinski definition) is 2. The van der Waals surface area contributed by atoms with Crippen molar-refractivity contribution in [2.75, 3.05) is 5.73 Å². The predicted octanol–water partition coefficient (Wildman–Crippen LogP) is 2.32. The van der Waals surface area contributed by atoms with Gasteiger partial charge in [-0.05, 0) is 27.6 Å². The van der Waals surface area contributed by atoms with E-state index in [2.05, 4.69) is 36.8 Å². The smallest absolute Gasteiger partial charge is 0.129 e. The van der Waals surface area contributed by atoms with Crippen LogP contribution in [0.5, 0.6) is 0 Å². The van der Waals surface area contributed by atoms with Crippen molar-refractivity contribution >= 4 is 37.5 Å². The lowest BCUT2D eigenvalue weighted by atomic mass is 10.3. The van der Waals surface area contributed by atoms with Gasteiger partial charge in [0.15, 0.2) is 0 Å².